The highest BCUT2D eigenvalue weighted by Gasteiger charge is 2.21. The molecule has 74 valence electrons. The molecular formula is C9H15NO3. The SMILES string of the molecule is C=C(C)C(=O)OC(=O)[C@@H](N)C(C)C. The molecule has 4 nitrogen and oxygen atoms in total. The third-order valence-corrected chi connectivity index (χ3v) is 1.53. The van der Waals surface area contributed by atoms with E-state index in [1.54, 1.807) is 13.8 Å². The highest BCUT2D eigenvalue weighted by atomic mass is 16.6. The van der Waals surface area contributed by atoms with E-state index in [0.717, 1.165) is 0 Å². The molecule has 1 atom stereocenters. The van der Waals surface area contributed by atoms with Crippen LogP contribution in [0.2, 0.25) is 0 Å². The molecule has 0 aliphatic heterocycles. The summed E-state index contributed by atoms with van der Waals surface area (Å²) in [6.45, 7) is 8.36. The predicted molar refractivity (Wildman–Crippen MR) is 48.7 cm³/mol. The van der Waals surface area contributed by atoms with Gasteiger partial charge < -0.3 is 10.5 Å². The summed E-state index contributed by atoms with van der Waals surface area (Å²) < 4.78 is 4.43. The summed E-state index contributed by atoms with van der Waals surface area (Å²) in [6, 6.07) is -0.761. The smallest absolute Gasteiger partial charge is 0.340 e. The minimum absolute atomic E-state index is 0.0505. The molecule has 2 N–H and O–H groups in total. The maximum atomic E-state index is 11.1. The fourth-order valence-corrected chi connectivity index (χ4v) is 0.519. The maximum absolute atomic E-state index is 11.1. The summed E-state index contributed by atoms with van der Waals surface area (Å²) in [5.41, 5.74) is 5.64. The van der Waals surface area contributed by atoms with Crippen molar-refractivity contribution in [2.75, 3.05) is 0 Å². The van der Waals surface area contributed by atoms with Crippen LogP contribution < -0.4 is 5.73 Å². The molecule has 0 unspecified atom stereocenters. The Kier molecular flexibility index (Phi) is 4.34. The van der Waals surface area contributed by atoms with Crippen molar-refractivity contribution in [1.29, 1.82) is 0 Å². The van der Waals surface area contributed by atoms with Gasteiger partial charge in [-0.2, -0.15) is 0 Å². The first-order chi connectivity index (χ1) is 5.86. The van der Waals surface area contributed by atoms with Gasteiger partial charge in [0.15, 0.2) is 0 Å². The Morgan fingerprint density at radius 3 is 2.15 bits per heavy atom. The van der Waals surface area contributed by atoms with Crippen LogP contribution >= 0.6 is 0 Å². The Labute approximate surface area is 77.7 Å². The van der Waals surface area contributed by atoms with Crippen LogP contribution in [0, 0.1) is 5.92 Å². The lowest BCUT2D eigenvalue weighted by Gasteiger charge is -2.12. The van der Waals surface area contributed by atoms with Crippen LogP contribution in [0.3, 0.4) is 0 Å². The number of ether oxygens (including phenoxy) is 1. The summed E-state index contributed by atoms with van der Waals surface area (Å²) >= 11 is 0. The molecule has 0 aromatic heterocycles. The molecule has 0 rings (SSSR count). The van der Waals surface area contributed by atoms with Gasteiger partial charge in [0.1, 0.15) is 6.04 Å². The standard InChI is InChI=1S/C9H15NO3/c1-5(2)7(10)9(12)13-8(11)6(3)4/h5,7H,3,10H2,1-2,4H3/t7-/m0/s1. The van der Waals surface area contributed by atoms with E-state index in [4.69, 9.17) is 5.73 Å². The number of esters is 2. The molecule has 13 heavy (non-hydrogen) atoms. The quantitative estimate of drug-likeness (QED) is 0.397. The van der Waals surface area contributed by atoms with Crippen LogP contribution in [-0.4, -0.2) is 18.0 Å². The van der Waals surface area contributed by atoms with Gasteiger partial charge in [-0.15, -0.1) is 0 Å². The third-order valence-electron chi connectivity index (χ3n) is 1.53. The minimum atomic E-state index is -0.761. The minimum Gasteiger partial charge on any atom is -0.389 e. The van der Waals surface area contributed by atoms with Crippen molar-refractivity contribution in [2.45, 2.75) is 26.8 Å². The maximum Gasteiger partial charge on any atom is 0.340 e. The first-order valence-corrected chi connectivity index (χ1v) is 4.03. The van der Waals surface area contributed by atoms with Gasteiger partial charge in [-0.3, -0.25) is 0 Å². The molecule has 4 heteroatoms. The molecule has 0 aliphatic rings. The molecule has 0 aromatic rings. The van der Waals surface area contributed by atoms with E-state index in [1.807, 2.05) is 0 Å². The second-order valence-corrected chi connectivity index (χ2v) is 3.26. The van der Waals surface area contributed by atoms with Crippen molar-refractivity contribution < 1.29 is 14.3 Å². The lowest BCUT2D eigenvalue weighted by molar-refractivity contribution is -0.158. The molecule has 0 heterocycles. The van der Waals surface area contributed by atoms with Gasteiger partial charge in [-0.1, -0.05) is 20.4 Å². The van der Waals surface area contributed by atoms with E-state index < -0.39 is 18.0 Å². The van der Waals surface area contributed by atoms with E-state index >= 15 is 0 Å². The number of hydrogen-bond acceptors (Lipinski definition) is 4. The molecule has 0 aromatic carbocycles. The molecule has 0 radical (unpaired) electrons. The molecule has 0 spiro atoms. The van der Waals surface area contributed by atoms with Crippen LogP contribution in [-0.2, 0) is 14.3 Å². The van der Waals surface area contributed by atoms with Crippen LogP contribution in [0.25, 0.3) is 0 Å². The topological polar surface area (TPSA) is 69.4 Å². The van der Waals surface area contributed by atoms with Gasteiger partial charge in [-0.05, 0) is 12.8 Å². The number of hydrogen-bond donors (Lipinski definition) is 1. The summed E-state index contributed by atoms with van der Waals surface area (Å²) in [6.07, 6.45) is 0. The van der Waals surface area contributed by atoms with Gasteiger partial charge in [0.05, 0.1) is 0 Å². The Bertz CT molecular complexity index is 233. The first kappa shape index (κ1) is 11.8. The van der Waals surface area contributed by atoms with Crippen molar-refractivity contribution in [3.63, 3.8) is 0 Å². The van der Waals surface area contributed by atoms with Crippen LogP contribution in [0.4, 0.5) is 0 Å². The lowest BCUT2D eigenvalue weighted by atomic mass is 10.1. The van der Waals surface area contributed by atoms with Gasteiger partial charge in [0.25, 0.3) is 0 Å². The summed E-state index contributed by atoms with van der Waals surface area (Å²) in [5, 5.41) is 0. The largest absolute Gasteiger partial charge is 0.389 e. The zero-order chi connectivity index (χ0) is 10.6. The zero-order valence-electron chi connectivity index (χ0n) is 8.16. The normalized spacial score (nSPS) is 12.4. The van der Waals surface area contributed by atoms with Crippen molar-refractivity contribution in [1.82, 2.24) is 0 Å². The number of rotatable bonds is 3. The Morgan fingerprint density at radius 2 is 1.85 bits per heavy atom. The Hall–Kier alpha value is -1.16. The van der Waals surface area contributed by atoms with Gasteiger partial charge in [-0.25, -0.2) is 9.59 Å². The van der Waals surface area contributed by atoms with Crippen molar-refractivity contribution >= 4 is 11.9 Å². The monoisotopic (exact) mass is 185 g/mol. The molecule has 0 saturated carbocycles. The Balaban J connectivity index is 4.16. The third kappa shape index (κ3) is 3.85. The zero-order valence-corrected chi connectivity index (χ0v) is 8.16. The summed E-state index contributed by atoms with van der Waals surface area (Å²) in [4.78, 5) is 22.0. The van der Waals surface area contributed by atoms with Crippen LogP contribution in [0.15, 0.2) is 12.2 Å². The summed E-state index contributed by atoms with van der Waals surface area (Å²) in [5.74, 6) is -1.48. The molecule has 0 saturated heterocycles. The molecule has 0 aliphatic carbocycles. The van der Waals surface area contributed by atoms with E-state index in [2.05, 4.69) is 11.3 Å². The average molecular weight is 185 g/mol. The van der Waals surface area contributed by atoms with Crippen molar-refractivity contribution in [3.8, 4) is 0 Å². The molecule has 0 fully saturated rings. The van der Waals surface area contributed by atoms with Crippen LogP contribution in [0.1, 0.15) is 20.8 Å². The summed E-state index contributed by atoms with van der Waals surface area (Å²) in [7, 11) is 0. The molecular weight excluding hydrogens is 170 g/mol. The van der Waals surface area contributed by atoms with E-state index in [9.17, 15) is 9.59 Å². The molecule has 0 bridgehead atoms. The first-order valence-electron chi connectivity index (χ1n) is 4.03. The van der Waals surface area contributed by atoms with Crippen molar-refractivity contribution in [2.24, 2.45) is 11.7 Å². The van der Waals surface area contributed by atoms with Crippen LogP contribution in [0.5, 0.6) is 0 Å². The Morgan fingerprint density at radius 1 is 1.38 bits per heavy atom. The average Bonchev–Trinajstić information content (AvgIpc) is 2.02. The fraction of sp³-hybridized carbons (Fsp3) is 0.556. The highest BCUT2D eigenvalue weighted by molar-refractivity contribution is 5.96. The van der Waals surface area contributed by atoms with E-state index in [0.29, 0.717) is 0 Å². The van der Waals surface area contributed by atoms with E-state index in [-0.39, 0.29) is 11.5 Å². The molecule has 0 amide bonds. The van der Waals surface area contributed by atoms with Gasteiger partial charge >= 0.3 is 11.9 Å². The fourth-order valence-electron chi connectivity index (χ4n) is 0.519. The van der Waals surface area contributed by atoms with Gasteiger partial charge in [0, 0.05) is 5.57 Å². The second kappa shape index (κ2) is 4.77. The second-order valence-electron chi connectivity index (χ2n) is 3.26. The lowest BCUT2D eigenvalue weighted by Crippen LogP contribution is -2.38. The van der Waals surface area contributed by atoms with Gasteiger partial charge in [0.2, 0.25) is 0 Å². The number of carbonyl (C=O) groups is 2. The number of nitrogens with two attached hydrogens (primary N) is 1. The predicted octanol–water partition coefficient (Wildman–Crippen LogP) is 0.616. The van der Waals surface area contributed by atoms with Crippen molar-refractivity contribution in [3.05, 3.63) is 12.2 Å². The number of carbonyl (C=O) groups excluding carboxylic acids is 2. The highest BCUT2D eigenvalue weighted by Crippen LogP contribution is 2.02. The van der Waals surface area contributed by atoms with E-state index in [1.165, 1.54) is 6.92 Å².